The summed E-state index contributed by atoms with van der Waals surface area (Å²) in [6.07, 6.45) is 1.36. The molecular weight excluding hydrogens is 405 g/mol. The predicted octanol–water partition coefficient (Wildman–Crippen LogP) is 2.17. The van der Waals surface area contributed by atoms with Crippen molar-refractivity contribution in [1.29, 1.82) is 0 Å². The summed E-state index contributed by atoms with van der Waals surface area (Å²) in [7, 11) is 1.62. The molecule has 1 aliphatic heterocycles. The number of benzene rings is 1. The van der Waals surface area contributed by atoms with E-state index in [1.807, 2.05) is 6.07 Å². The number of aliphatic hydroxyl groups excluding tert-OH is 1. The van der Waals surface area contributed by atoms with Gasteiger partial charge < -0.3 is 20.2 Å². The summed E-state index contributed by atoms with van der Waals surface area (Å²) in [5, 5.41) is 13.7. The van der Waals surface area contributed by atoms with Gasteiger partial charge in [-0.1, -0.05) is 29.3 Å². The molecule has 0 unspecified atom stereocenters. The van der Waals surface area contributed by atoms with Crippen molar-refractivity contribution < 1.29 is 19.5 Å². The van der Waals surface area contributed by atoms with E-state index in [0.717, 1.165) is 5.56 Å². The van der Waals surface area contributed by atoms with Gasteiger partial charge in [0.1, 0.15) is 0 Å². The second kappa shape index (κ2) is 9.80. The Kier molecular flexibility index (Phi) is 7.71. The third-order valence-corrected chi connectivity index (χ3v) is 5.29. The minimum atomic E-state index is -0.599. The molecule has 0 radical (unpaired) electrons. The van der Waals surface area contributed by atoms with Crippen LogP contribution in [0.25, 0.3) is 0 Å². The Morgan fingerprint density at radius 1 is 1.29 bits per heavy atom. The Bertz CT molecular complexity index is 810. The lowest BCUT2D eigenvalue weighted by Crippen LogP contribution is -2.37. The van der Waals surface area contributed by atoms with Gasteiger partial charge >= 0.3 is 0 Å². The van der Waals surface area contributed by atoms with Crippen LogP contribution in [0.1, 0.15) is 18.9 Å². The van der Waals surface area contributed by atoms with Crippen LogP contribution >= 0.6 is 23.2 Å². The largest absolute Gasteiger partial charge is 0.503 e. The van der Waals surface area contributed by atoms with Gasteiger partial charge in [0, 0.05) is 33.6 Å². The second-order valence-electron chi connectivity index (χ2n) is 6.60. The molecule has 1 aromatic rings. The molecule has 0 fully saturated rings. The van der Waals surface area contributed by atoms with Crippen LogP contribution in [0.3, 0.4) is 0 Å². The first-order valence-electron chi connectivity index (χ1n) is 8.86. The minimum Gasteiger partial charge on any atom is -0.503 e. The highest BCUT2D eigenvalue weighted by Crippen LogP contribution is 2.23. The molecule has 1 aromatic carbocycles. The number of nitrogens with one attached hydrogen (secondary N) is 1. The van der Waals surface area contributed by atoms with Crippen LogP contribution in [-0.4, -0.2) is 65.9 Å². The van der Waals surface area contributed by atoms with Crippen molar-refractivity contribution >= 4 is 40.9 Å². The van der Waals surface area contributed by atoms with E-state index in [4.69, 9.17) is 23.2 Å². The zero-order valence-corrected chi connectivity index (χ0v) is 17.3. The van der Waals surface area contributed by atoms with Gasteiger partial charge in [0.25, 0.3) is 11.8 Å². The lowest BCUT2D eigenvalue weighted by atomic mass is 10.1. The molecule has 0 spiro atoms. The minimum absolute atomic E-state index is 0.0229. The summed E-state index contributed by atoms with van der Waals surface area (Å²) < 4.78 is 0. The van der Waals surface area contributed by atoms with Gasteiger partial charge in [-0.2, -0.15) is 0 Å². The lowest BCUT2D eigenvalue weighted by molar-refractivity contribution is -0.131. The van der Waals surface area contributed by atoms with Crippen LogP contribution in [0.4, 0.5) is 0 Å². The SMILES string of the molecule is CC(=O)N(C)CCN1CC(C(=O)NCCCc2ccc(Cl)c(Cl)c2)=C(O)C1=O. The molecule has 7 nitrogen and oxygen atoms in total. The fourth-order valence-corrected chi connectivity index (χ4v) is 3.02. The van der Waals surface area contributed by atoms with Crippen LogP contribution in [0.15, 0.2) is 29.5 Å². The van der Waals surface area contributed by atoms with Gasteiger partial charge in [0.2, 0.25) is 5.91 Å². The molecule has 3 amide bonds. The maximum atomic E-state index is 12.3. The van der Waals surface area contributed by atoms with E-state index in [1.54, 1.807) is 19.2 Å². The van der Waals surface area contributed by atoms with E-state index in [0.29, 0.717) is 36.0 Å². The summed E-state index contributed by atoms with van der Waals surface area (Å²) in [6.45, 7) is 2.41. The molecule has 0 saturated heterocycles. The molecule has 0 aromatic heterocycles. The Balaban J connectivity index is 1.80. The molecule has 0 saturated carbocycles. The van der Waals surface area contributed by atoms with Crippen molar-refractivity contribution in [3.05, 3.63) is 45.1 Å². The number of nitrogens with zero attached hydrogens (tertiary/aromatic N) is 2. The Labute approximate surface area is 173 Å². The fourth-order valence-electron chi connectivity index (χ4n) is 2.70. The first kappa shape index (κ1) is 22.0. The number of hydrogen-bond acceptors (Lipinski definition) is 4. The number of hydrogen-bond donors (Lipinski definition) is 2. The van der Waals surface area contributed by atoms with Gasteiger partial charge in [0.15, 0.2) is 5.76 Å². The molecule has 1 heterocycles. The zero-order chi connectivity index (χ0) is 20.8. The zero-order valence-electron chi connectivity index (χ0n) is 15.8. The van der Waals surface area contributed by atoms with E-state index >= 15 is 0 Å². The third-order valence-electron chi connectivity index (χ3n) is 4.55. The van der Waals surface area contributed by atoms with Crippen LogP contribution in [-0.2, 0) is 20.8 Å². The average Bonchev–Trinajstić information content (AvgIpc) is 2.94. The highest BCUT2D eigenvalue weighted by Gasteiger charge is 2.33. The molecule has 152 valence electrons. The average molecular weight is 428 g/mol. The highest BCUT2D eigenvalue weighted by atomic mass is 35.5. The lowest BCUT2D eigenvalue weighted by Gasteiger charge is -2.20. The number of amides is 3. The van der Waals surface area contributed by atoms with E-state index in [9.17, 15) is 19.5 Å². The van der Waals surface area contributed by atoms with Crippen LogP contribution in [0.5, 0.6) is 0 Å². The molecule has 0 atom stereocenters. The van der Waals surface area contributed by atoms with E-state index in [2.05, 4.69) is 5.32 Å². The van der Waals surface area contributed by atoms with Crippen molar-refractivity contribution in [3.8, 4) is 0 Å². The van der Waals surface area contributed by atoms with Gasteiger partial charge in [-0.25, -0.2) is 0 Å². The van der Waals surface area contributed by atoms with E-state index < -0.39 is 17.6 Å². The molecular formula is C19H23Cl2N3O4. The van der Waals surface area contributed by atoms with E-state index in [-0.39, 0.29) is 24.6 Å². The van der Waals surface area contributed by atoms with Crippen molar-refractivity contribution in [3.63, 3.8) is 0 Å². The van der Waals surface area contributed by atoms with Crippen molar-refractivity contribution in [1.82, 2.24) is 15.1 Å². The first-order chi connectivity index (χ1) is 13.2. The molecule has 2 N–H and O–H groups in total. The van der Waals surface area contributed by atoms with Crippen molar-refractivity contribution in [2.45, 2.75) is 19.8 Å². The normalized spacial score (nSPS) is 13.9. The topological polar surface area (TPSA) is 90.0 Å². The van der Waals surface area contributed by atoms with Gasteiger partial charge in [0.05, 0.1) is 22.2 Å². The molecule has 2 rings (SSSR count). The second-order valence-corrected chi connectivity index (χ2v) is 7.42. The van der Waals surface area contributed by atoms with Crippen LogP contribution in [0, 0.1) is 0 Å². The number of aryl methyl sites for hydroxylation is 1. The van der Waals surface area contributed by atoms with Crippen LogP contribution in [0.2, 0.25) is 10.0 Å². The van der Waals surface area contributed by atoms with Gasteiger partial charge in [-0.3, -0.25) is 14.4 Å². The predicted molar refractivity (Wildman–Crippen MR) is 107 cm³/mol. The molecule has 0 bridgehead atoms. The monoisotopic (exact) mass is 427 g/mol. The maximum absolute atomic E-state index is 12.3. The highest BCUT2D eigenvalue weighted by molar-refractivity contribution is 6.42. The number of carbonyl (C=O) groups is 3. The molecule has 28 heavy (non-hydrogen) atoms. The Morgan fingerprint density at radius 3 is 2.64 bits per heavy atom. The van der Waals surface area contributed by atoms with Gasteiger partial charge in [-0.05, 0) is 30.5 Å². The maximum Gasteiger partial charge on any atom is 0.289 e. The quantitative estimate of drug-likeness (QED) is 0.622. The number of carbonyl (C=O) groups excluding carboxylic acids is 3. The summed E-state index contributed by atoms with van der Waals surface area (Å²) in [5.74, 6) is -1.73. The van der Waals surface area contributed by atoms with Crippen LogP contribution < -0.4 is 5.32 Å². The smallest absolute Gasteiger partial charge is 0.289 e. The Hall–Kier alpha value is -2.25. The molecule has 1 aliphatic rings. The fraction of sp³-hybridized carbons (Fsp3) is 0.421. The summed E-state index contributed by atoms with van der Waals surface area (Å²) >= 11 is 11.9. The molecule has 0 aliphatic carbocycles. The number of halogens is 2. The first-order valence-corrected chi connectivity index (χ1v) is 9.61. The third kappa shape index (κ3) is 5.62. The van der Waals surface area contributed by atoms with Crippen molar-refractivity contribution in [2.24, 2.45) is 0 Å². The number of aliphatic hydroxyl groups is 1. The number of likely N-dealkylation sites (N-methyl/N-ethyl adjacent to an activating group) is 1. The van der Waals surface area contributed by atoms with Crippen molar-refractivity contribution in [2.75, 3.05) is 33.2 Å². The number of rotatable bonds is 8. The Morgan fingerprint density at radius 2 is 2.00 bits per heavy atom. The summed E-state index contributed by atoms with van der Waals surface area (Å²) in [5.41, 5.74) is 1.05. The molecule has 9 heteroatoms. The summed E-state index contributed by atoms with van der Waals surface area (Å²) in [6, 6.07) is 5.38. The van der Waals surface area contributed by atoms with Gasteiger partial charge in [-0.15, -0.1) is 0 Å². The van der Waals surface area contributed by atoms with E-state index in [1.165, 1.54) is 16.7 Å². The standard InChI is InChI=1S/C19H23Cl2N3O4/c1-12(25)23(2)8-9-24-11-14(17(26)19(24)28)18(27)22-7-3-4-13-5-6-15(20)16(21)10-13/h5-6,10,26H,3-4,7-9,11H2,1-2H3,(H,22,27). The summed E-state index contributed by atoms with van der Waals surface area (Å²) in [4.78, 5) is 38.4.